The molecular weight excluding hydrogens is 336 g/mol. The number of ether oxygens (including phenoxy) is 1. The van der Waals surface area contributed by atoms with Crippen molar-refractivity contribution < 1.29 is 9.53 Å². The van der Waals surface area contributed by atoms with Gasteiger partial charge in [-0.25, -0.2) is 0 Å². The fraction of sp³-hybridized carbons (Fsp3) is 0.609. The van der Waals surface area contributed by atoms with Crippen LogP contribution < -0.4 is 4.90 Å². The summed E-state index contributed by atoms with van der Waals surface area (Å²) in [6.45, 7) is 7.61. The molecule has 4 heteroatoms. The van der Waals surface area contributed by atoms with Gasteiger partial charge in [0, 0.05) is 35.6 Å². The van der Waals surface area contributed by atoms with Crippen LogP contribution in [0.1, 0.15) is 38.7 Å². The number of benzene rings is 1. The van der Waals surface area contributed by atoms with Crippen molar-refractivity contribution >= 4 is 11.7 Å². The van der Waals surface area contributed by atoms with E-state index in [-0.39, 0.29) is 28.8 Å². The lowest BCUT2D eigenvalue weighted by Crippen LogP contribution is -2.67. The topological polar surface area (TPSA) is 32.8 Å². The molecule has 0 aromatic heterocycles. The van der Waals surface area contributed by atoms with Crippen molar-refractivity contribution in [3.05, 3.63) is 42.0 Å². The minimum atomic E-state index is -0.0822. The SMILES string of the molecule is CCN1c2ccccc2[C@@]23CCN4CC=C[C@@](CC)(C[C@H](C(=O)OC)[C@H]12)[C@H]43. The Kier molecular flexibility index (Phi) is 3.74. The molecule has 3 heterocycles. The van der Waals surface area contributed by atoms with Gasteiger partial charge >= 0.3 is 5.97 Å². The molecular formula is C23H30N2O2. The van der Waals surface area contributed by atoms with E-state index in [1.807, 2.05) is 0 Å². The van der Waals surface area contributed by atoms with E-state index in [0.717, 1.165) is 38.9 Å². The molecule has 0 N–H and O–H groups in total. The third kappa shape index (κ3) is 1.95. The average molecular weight is 367 g/mol. The second-order valence-corrected chi connectivity index (χ2v) is 8.76. The lowest BCUT2D eigenvalue weighted by atomic mass is 9.50. The van der Waals surface area contributed by atoms with Crippen molar-refractivity contribution in [3.8, 4) is 0 Å². The molecule has 1 saturated carbocycles. The molecule has 0 bridgehead atoms. The van der Waals surface area contributed by atoms with Crippen LogP contribution in [0.2, 0.25) is 0 Å². The van der Waals surface area contributed by atoms with Gasteiger partial charge in [0.05, 0.1) is 19.1 Å². The highest BCUT2D eigenvalue weighted by atomic mass is 16.5. The first kappa shape index (κ1) is 17.3. The minimum absolute atomic E-state index is 0.0183. The fourth-order valence-corrected chi connectivity index (χ4v) is 7.27. The summed E-state index contributed by atoms with van der Waals surface area (Å²) < 4.78 is 5.36. The summed E-state index contributed by atoms with van der Waals surface area (Å²) in [4.78, 5) is 18.2. The normalized spacial score (nSPS) is 39.1. The first-order valence-electron chi connectivity index (χ1n) is 10.5. The standard InChI is InChI=1S/C23H30N2O2/c1-4-22-11-8-13-24-14-12-23(21(22)24)17-9-6-7-10-18(17)25(5-2)19(23)16(15-22)20(26)27-3/h6-11,16,19,21H,4-5,12-15H2,1-3H3/t16-,19-,21-,22-,23-/m0/s1. The highest BCUT2D eigenvalue weighted by molar-refractivity contribution is 5.78. The zero-order valence-corrected chi connectivity index (χ0v) is 16.6. The van der Waals surface area contributed by atoms with Crippen molar-refractivity contribution in [2.45, 2.75) is 50.6 Å². The molecule has 0 amide bonds. The van der Waals surface area contributed by atoms with Crippen LogP contribution in [-0.4, -0.2) is 49.7 Å². The van der Waals surface area contributed by atoms with Crippen molar-refractivity contribution in [1.82, 2.24) is 4.90 Å². The summed E-state index contributed by atoms with van der Waals surface area (Å²) in [6.07, 6.45) is 7.88. The van der Waals surface area contributed by atoms with Crippen LogP contribution in [0.3, 0.4) is 0 Å². The molecule has 1 aliphatic carbocycles. The van der Waals surface area contributed by atoms with Crippen LogP contribution in [-0.2, 0) is 14.9 Å². The van der Waals surface area contributed by atoms with E-state index < -0.39 is 0 Å². The van der Waals surface area contributed by atoms with Gasteiger partial charge in [0.2, 0.25) is 0 Å². The number of para-hydroxylation sites is 1. The molecule has 2 fully saturated rings. The second kappa shape index (κ2) is 5.84. The molecule has 4 aliphatic rings. The first-order chi connectivity index (χ1) is 13.1. The van der Waals surface area contributed by atoms with Crippen LogP contribution in [0.5, 0.6) is 0 Å². The van der Waals surface area contributed by atoms with E-state index >= 15 is 0 Å². The van der Waals surface area contributed by atoms with E-state index in [9.17, 15) is 4.79 Å². The van der Waals surface area contributed by atoms with Crippen LogP contribution >= 0.6 is 0 Å². The molecule has 5 rings (SSSR count). The Labute approximate surface area is 162 Å². The lowest BCUT2D eigenvalue weighted by Gasteiger charge is -2.58. The Balaban J connectivity index is 1.79. The molecule has 27 heavy (non-hydrogen) atoms. The third-order valence-corrected chi connectivity index (χ3v) is 8.06. The number of hydrogen-bond acceptors (Lipinski definition) is 4. The number of esters is 1. The van der Waals surface area contributed by atoms with Crippen molar-refractivity contribution in [2.24, 2.45) is 11.3 Å². The highest BCUT2D eigenvalue weighted by Crippen LogP contribution is 2.65. The Bertz CT molecular complexity index is 805. The number of nitrogens with zero attached hydrogens (tertiary/aromatic N) is 2. The summed E-state index contributed by atoms with van der Waals surface area (Å²) in [5.74, 6) is -0.115. The quantitative estimate of drug-likeness (QED) is 0.607. The number of rotatable bonds is 3. The van der Waals surface area contributed by atoms with Crippen molar-refractivity contribution in [1.29, 1.82) is 0 Å². The van der Waals surface area contributed by atoms with E-state index in [2.05, 4.69) is 60.1 Å². The van der Waals surface area contributed by atoms with Gasteiger partial charge in [-0.05, 0) is 44.4 Å². The van der Waals surface area contributed by atoms with Gasteiger partial charge in [0.25, 0.3) is 0 Å². The summed E-state index contributed by atoms with van der Waals surface area (Å²) in [7, 11) is 1.55. The van der Waals surface area contributed by atoms with Crippen LogP contribution in [0, 0.1) is 11.3 Å². The Morgan fingerprint density at radius 2 is 2.11 bits per heavy atom. The van der Waals surface area contributed by atoms with Crippen LogP contribution in [0.15, 0.2) is 36.4 Å². The number of methoxy groups -OCH3 is 1. The van der Waals surface area contributed by atoms with Crippen LogP contribution in [0.4, 0.5) is 5.69 Å². The molecule has 1 saturated heterocycles. The van der Waals surface area contributed by atoms with Crippen molar-refractivity contribution in [3.63, 3.8) is 0 Å². The van der Waals surface area contributed by atoms with Gasteiger partial charge in [0.15, 0.2) is 0 Å². The smallest absolute Gasteiger partial charge is 0.310 e. The van der Waals surface area contributed by atoms with Gasteiger partial charge in [0.1, 0.15) is 0 Å². The number of hydrogen-bond donors (Lipinski definition) is 0. The number of fused-ring (bicyclic) bond motifs is 1. The molecule has 5 atom stereocenters. The third-order valence-electron chi connectivity index (χ3n) is 8.06. The average Bonchev–Trinajstić information content (AvgIpc) is 3.25. The summed E-state index contributed by atoms with van der Waals surface area (Å²) in [5, 5.41) is 0. The summed E-state index contributed by atoms with van der Waals surface area (Å²) in [5.41, 5.74) is 2.87. The molecule has 0 radical (unpaired) electrons. The number of carbonyl (C=O) groups excluding carboxylic acids is 1. The van der Waals surface area contributed by atoms with Crippen LogP contribution in [0.25, 0.3) is 0 Å². The Morgan fingerprint density at radius 1 is 1.30 bits per heavy atom. The van der Waals surface area contributed by atoms with E-state index in [4.69, 9.17) is 4.74 Å². The zero-order chi connectivity index (χ0) is 18.8. The molecule has 1 aromatic carbocycles. The van der Waals surface area contributed by atoms with E-state index in [1.165, 1.54) is 11.3 Å². The zero-order valence-electron chi connectivity index (χ0n) is 16.6. The maximum Gasteiger partial charge on any atom is 0.310 e. The first-order valence-corrected chi connectivity index (χ1v) is 10.5. The fourth-order valence-electron chi connectivity index (χ4n) is 7.27. The monoisotopic (exact) mass is 366 g/mol. The number of likely N-dealkylation sites (N-methyl/N-ethyl adjacent to an activating group) is 1. The summed E-state index contributed by atoms with van der Waals surface area (Å²) in [6, 6.07) is 9.59. The maximum atomic E-state index is 13.0. The predicted molar refractivity (Wildman–Crippen MR) is 107 cm³/mol. The molecule has 1 aromatic rings. The molecule has 0 unspecified atom stereocenters. The molecule has 1 spiro atoms. The van der Waals surface area contributed by atoms with Gasteiger partial charge < -0.3 is 9.64 Å². The lowest BCUT2D eigenvalue weighted by molar-refractivity contribution is -0.151. The number of anilines is 1. The second-order valence-electron chi connectivity index (χ2n) is 8.76. The van der Waals surface area contributed by atoms with Gasteiger partial charge in [-0.3, -0.25) is 9.69 Å². The minimum Gasteiger partial charge on any atom is -0.469 e. The predicted octanol–water partition coefficient (Wildman–Crippen LogP) is 3.37. The van der Waals surface area contributed by atoms with Gasteiger partial charge in [-0.15, -0.1) is 0 Å². The molecule has 3 aliphatic heterocycles. The molecule has 4 nitrogen and oxygen atoms in total. The Morgan fingerprint density at radius 3 is 2.85 bits per heavy atom. The maximum absolute atomic E-state index is 13.0. The highest BCUT2D eigenvalue weighted by Gasteiger charge is 2.70. The van der Waals surface area contributed by atoms with Gasteiger partial charge in [-0.1, -0.05) is 37.3 Å². The number of carbonyl (C=O) groups is 1. The van der Waals surface area contributed by atoms with Gasteiger partial charge in [-0.2, -0.15) is 0 Å². The largest absolute Gasteiger partial charge is 0.469 e. The van der Waals surface area contributed by atoms with E-state index in [0.29, 0.717) is 6.04 Å². The van der Waals surface area contributed by atoms with Crippen molar-refractivity contribution in [2.75, 3.05) is 31.6 Å². The summed E-state index contributed by atoms with van der Waals surface area (Å²) >= 11 is 0. The Hall–Kier alpha value is -1.81. The molecule has 144 valence electrons. The van der Waals surface area contributed by atoms with E-state index in [1.54, 1.807) is 7.11 Å².